The van der Waals surface area contributed by atoms with Gasteiger partial charge >= 0.3 is 0 Å². The largest absolute Gasteiger partial charge is 0.491 e. The highest BCUT2D eigenvalue weighted by atomic mass is 19.1. The molecule has 0 aliphatic rings. The van der Waals surface area contributed by atoms with Crippen LogP contribution in [0.3, 0.4) is 0 Å². The molecule has 0 fully saturated rings. The zero-order chi connectivity index (χ0) is 17.6. The van der Waals surface area contributed by atoms with Gasteiger partial charge in [0.2, 0.25) is 0 Å². The molecule has 0 bridgehead atoms. The van der Waals surface area contributed by atoms with Gasteiger partial charge in [0, 0.05) is 11.8 Å². The molecule has 3 rings (SSSR count). The smallest absolute Gasteiger partial charge is 0.146 e. The average Bonchev–Trinajstić information content (AvgIpc) is 2.59. The molecule has 2 aromatic carbocycles. The highest BCUT2D eigenvalue weighted by molar-refractivity contribution is 5.63. The van der Waals surface area contributed by atoms with Crippen LogP contribution >= 0.6 is 0 Å². The number of nitrogens with zero attached hydrogens (tertiary/aromatic N) is 2. The minimum atomic E-state index is -0.337. The zero-order valence-corrected chi connectivity index (χ0v) is 14.0. The van der Waals surface area contributed by atoms with Crippen LogP contribution < -0.4 is 15.4 Å². The Hall–Kier alpha value is -3.15. The summed E-state index contributed by atoms with van der Waals surface area (Å²) in [5, 5.41) is 6.13. The van der Waals surface area contributed by atoms with E-state index in [9.17, 15) is 4.39 Å². The van der Waals surface area contributed by atoms with E-state index >= 15 is 0 Å². The first kappa shape index (κ1) is 16.7. The van der Waals surface area contributed by atoms with Gasteiger partial charge in [-0.15, -0.1) is 0 Å². The van der Waals surface area contributed by atoms with Gasteiger partial charge < -0.3 is 15.4 Å². The van der Waals surface area contributed by atoms with Crippen LogP contribution in [0.25, 0.3) is 0 Å². The Morgan fingerprint density at radius 2 is 1.60 bits per heavy atom. The lowest BCUT2D eigenvalue weighted by Gasteiger charge is -2.11. The van der Waals surface area contributed by atoms with Crippen molar-refractivity contribution in [3.05, 3.63) is 66.7 Å². The Bertz CT molecular complexity index is 837. The third-order valence-electron chi connectivity index (χ3n) is 3.30. The molecule has 0 unspecified atom stereocenters. The molecule has 1 aromatic heterocycles. The lowest BCUT2D eigenvalue weighted by molar-refractivity contribution is 0.242. The van der Waals surface area contributed by atoms with Gasteiger partial charge in [0.1, 0.15) is 29.5 Å². The third kappa shape index (κ3) is 4.67. The number of anilines is 4. The molecule has 0 saturated heterocycles. The number of benzene rings is 2. The van der Waals surface area contributed by atoms with Gasteiger partial charge in [0.25, 0.3) is 0 Å². The van der Waals surface area contributed by atoms with Gasteiger partial charge in [-0.2, -0.15) is 0 Å². The fourth-order valence-corrected chi connectivity index (χ4v) is 2.23. The Morgan fingerprint density at radius 3 is 2.28 bits per heavy atom. The minimum Gasteiger partial charge on any atom is -0.491 e. The molecule has 128 valence electrons. The Morgan fingerprint density at radius 1 is 0.920 bits per heavy atom. The normalized spacial score (nSPS) is 10.6. The first-order valence-electron chi connectivity index (χ1n) is 7.97. The quantitative estimate of drug-likeness (QED) is 0.670. The number of rotatable bonds is 6. The molecule has 0 amide bonds. The number of halogens is 1. The molecule has 1 heterocycles. The molecule has 0 spiro atoms. The van der Waals surface area contributed by atoms with E-state index in [0.29, 0.717) is 17.3 Å². The van der Waals surface area contributed by atoms with E-state index in [1.54, 1.807) is 24.3 Å². The van der Waals surface area contributed by atoms with Crippen molar-refractivity contribution in [3.63, 3.8) is 0 Å². The molecule has 0 aliphatic carbocycles. The zero-order valence-electron chi connectivity index (χ0n) is 14.0. The number of hydrogen-bond acceptors (Lipinski definition) is 5. The fraction of sp³-hybridized carbons (Fsp3) is 0.158. The first-order valence-corrected chi connectivity index (χ1v) is 7.97. The van der Waals surface area contributed by atoms with E-state index in [4.69, 9.17) is 4.74 Å². The highest BCUT2D eigenvalue weighted by Crippen LogP contribution is 2.22. The van der Waals surface area contributed by atoms with Crippen molar-refractivity contribution in [1.29, 1.82) is 0 Å². The monoisotopic (exact) mass is 338 g/mol. The van der Waals surface area contributed by atoms with Crippen molar-refractivity contribution < 1.29 is 9.13 Å². The third-order valence-corrected chi connectivity index (χ3v) is 3.30. The van der Waals surface area contributed by atoms with E-state index in [2.05, 4.69) is 20.6 Å². The van der Waals surface area contributed by atoms with E-state index in [0.717, 1.165) is 11.4 Å². The molecule has 0 aliphatic heterocycles. The van der Waals surface area contributed by atoms with E-state index in [1.807, 2.05) is 38.1 Å². The Kier molecular flexibility index (Phi) is 5.09. The van der Waals surface area contributed by atoms with Gasteiger partial charge in [-0.25, -0.2) is 14.4 Å². The van der Waals surface area contributed by atoms with Crippen LogP contribution in [0.5, 0.6) is 5.75 Å². The van der Waals surface area contributed by atoms with Gasteiger partial charge in [-0.05, 0) is 50.2 Å². The van der Waals surface area contributed by atoms with Crippen molar-refractivity contribution in [1.82, 2.24) is 9.97 Å². The summed E-state index contributed by atoms with van der Waals surface area (Å²) in [6.45, 7) is 3.97. The van der Waals surface area contributed by atoms with Crippen LogP contribution in [0.15, 0.2) is 60.9 Å². The summed E-state index contributed by atoms with van der Waals surface area (Å²) in [5.74, 6) is 1.58. The standard InChI is InChI=1S/C19H19FN4O/c1-13(2)25-15-9-7-14(8-10-15)23-18-11-19(22-12-21-18)24-17-6-4-3-5-16(17)20/h3-13H,1-2H3,(H2,21,22,23,24). The summed E-state index contributed by atoms with van der Waals surface area (Å²) >= 11 is 0. The minimum absolute atomic E-state index is 0.132. The maximum absolute atomic E-state index is 13.7. The van der Waals surface area contributed by atoms with E-state index < -0.39 is 0 Å². The number of aromatic nitrogens is 2. The molecular weight excluding hydrogens is 319 g/mol. The van der Waals surface area contributed by atoms with Crippen molar-refractivity contribution in [3.8, 4) is 5.75 Å². The number of nitrogens with one attached hydrogen (secondary N) is 2. The maximum Gasteiger partial charge on any atom is 0.146 e. The van der Waals surface area contributed by atoms with Crippen LogP contribution in [0.1, 0.15) is 13.8 Å². The molecule has 3 aromatic rings. The molecule has 25 heavy (non-hydrogen) atoms. The second kappa shape index (κ2) is 7.61. The summed E-state index contributed by atoms with van der Waals surface area (Å²) in [6, 6.07) is 15.7. The fourth-order valence-electron chi connectivity index (χ4n) is 2.23. The van der Waals surface area contributed by atoms with Crippen LogP contribution in [-0.2, 0) is 0 Å². The lowest BCUT2D eigenvalue weighted by atomic mass is 10.3. The second-order valence-electron chi connectivity index (χ2n) is 5.71. The van der Waals surface area contributed by atoms with Crippen molar-refractivity contribution in [2.75, 3.05) is 10.6 Å². The van der Waals surface area contributed by atoms with E-state index in [1.165, 1.54) is 12.4 Å². The Labute approximate surface area is 145 Å². The SMILES string of the molecule is CC(C)Oc1ccc(Nc2cc(Nc3ccccc3F)ncn2)cc1. The Balaban J connectivity index is 1.70. The van der Waals surface area contributed by atoms with Crippen LogP contribution in [-0.4, -0.2) is 16.1 Å². The van der Waals surface area contributed by atoms with Crippen molar-refractivity contribution in [2.24, 2.45) is 0 Å². The van der Waals surface area contributed by atoms with Gasteiger partial charge in [-0.3, -0.25) is 0 Å². The number of ether oxygens (including phenoxy) is 1. The topological polar surface area (TPSA) is 59.1 Å². The van der Waals surface area contributed by atoms with Crippen LogP contribution in [0, 0.1) is 5.82 Å². The lowest BCUT2D eigenvalue weighted by Crippen LogP contribution is -2.05. The predicted molar refractivity (Wildman–Crippen MR) is 97.2 cm³/mol. The van der Waals surface area contributed by atoms with Crippen LogP contribution in [0.2, 0.25) is 0 Å². The van der Waals surface area contributed by atoms with Crippen LogP contribution in [0.4, 0.5) is 27.4 Å². The van der Waals surface area contributed by atoms with Crippen molar-refractivity contribution >= 4 is 23.0 Å². The summed E-state index contributed by atoms with van der Waals surface area (Å²) in [6.07, 6.45) is 1.55. The summed E-state index contributed by atoms with van der Waals surface area (Å²) in [5.41, 5.74) is 1.23. The predicted octanol–water partition coefficient (Wildman–Crippen LogP) is 4.89. The first-order chi connectivity index (χ1) is 12.1. The van der Waals surface area contributed by atoms with E-state index in [-0.39, 0.29) is 11.9 Å². The molecule has 0 radical (unpaired) electrons. The van der Waals surface area contributed by atoms with Gasteiger partial charge in [0.05, 0.1) is 11.8 Å². The summed E-state index contributed by atoms with van der Waals surface area (Å²) in [4.78, 5) is 8.30. The van der Waals surface area contributed by atoms with Gasteiger partial charge in [0.15, 0.2) is 0 Å². The average molecular weight is 338 g/mol. The molecule has 5 nitrogen and oxygen atoms in total. The highest BCUT2D eigenvalue weighted by Gasteiger charge is 2.04. The molecule has 0 atom stereocenters. The van der Waals surface area contributed by atoms with Crippen molar-refractivity contribution in [2.45, 2.75) is 20.0 Å². The summed E-state index contributed by atoms with van der Waals surface area (Å²) in [7, 11) is 0. The maximum atomic E-state index is 13.7. The number of hydrogen-bond donors (Lipinski definition) is 2. The molecular formula is C19H19FN4O. The second-order valence-corrected chi connectivity index (χ2v) is 5.71. The summed E-state index contributed by atoms with van der Waals surface area (Å²) < 4.78 is 19.3. The molecule has 0 saturated carbocycles. The molecule has 2 N–H and O–H groups in total. The molecule has 6 heteroatoms. The van der Waals surface area contributed by atoms with Gasteiger partial charge in [-0.1, -0.05) is 12.1 Å². The number of para-hydroxylation sites is 1.